The van der Waals surface area contributed by atoms with E-state index in [0.717, 1.165) is 10.3 Å². The zero-order valence-corrected chi connectivity index (χ0v) is 28.7. The summed E-state index contributed by atoms with van der Waals surface area (Å²) < 4.78 is 0.826. The number of nitrogens with one attached hydrogen (secondary N) is 2. The van der Waals surface area contributed by atoms with Gasteiger partial charge in [0, 0.05) is 38.3 Å². The van der Waals surface area contributed by atoms with Crippen LogP contribution in [0.5, 0.6) is 0 Å². The molecule has 1 aromatic heterocycles. The lowest BCUT2D eigenvalue weighted by Gasteiger charge is -2.24. The minimum absolute atomic E-state index is 0.0307. The van der Waals surface area contributed by atoms with E-state index in [0.29, 0.717) is 31.3 Å². The zero-order valence-electron chi connectivity index (χ0n) is 27.9. The number of hydrogen-bond acceptors (Lipinski definition) is 9. The van der Waals surface area contributed by atoms with Crippen LogP contribution in [-0.2, 0) is 25.6 Å². The molecule has 1 heterocycles. The number of aromatic nitrogens is 1. The van der Waals surface area contributed by atoms with E-state index in [1.165, 1.54) is 11.3 Å². The molecule has 12 N–H and O–H groups in total. The maximum Gasteiger partial charge on any atom is 0.224 e. The number of fused-ring (bicyclic) bond motifs is 1. The Morgan fingerprint density at radius 1 is 0.740 bits per heavy atom. The maximum atomic E-state index is 14.0. The van der Waals surface area contributed by atoms with Gasteiger partial charge in [0.2, 0.25) is 23.5 Å². The van der Waals surface area contributed by atoms with Crippen LogP contribution in [0.25, 0.3) is 10.2 Å². The molecule has 16 heteroatoms. The first kappa shape index (κ1) is 39.1. The van der Waals surface area contributed by atoms with E-state index in [1.54, 1.807) is 6.07 Å². The number of aliphatic imine (C=N–C) groups is 2. The fraction of sp³-hybridized carbons (Fsp3) is 0.412. The molecule has 0 bridgehead atoms. The van der Waals surface area contributed by atoms with Gasteiger partial charge in [-0.3, -0.25) is 34.0 Å². The van der Waals surface area contributed by atoms with Crippen molar-refractivity contribution in [1.82, 2.24) is 15.6 Å². The molecule has 50 heavy (non-hydrogen) atoms. The quantitative estimate of drug-likeness (QED) is 0.0337. The maximum absolute atomic E-state index is 14.0. The predicted molar refractivity (Wildman–Crippen MR) is 194 cm³/mol. The molecule has 0 saturated heterocycles. The van der Waals surface area contributed by atoms with Crippen molar-refractivity contribution in [3.63, 3.8) is 0 Å². The van der Waals surface area contributed by atoms with Crippen LogP contribution in [0.3, 0.4) is 0 Å². The normalized spacial score (nSPS) is 12.6. The highest BCUT2D eigenvalue weighted by molar-refractivity contribution is 7.20. The Balaban J connectivity index is 1.82. The van der Waals surface area contributed by atoms with Crippen LogP contribution < -0.4 is 39.3 Å². The summed E-state index contributed by atoms with van der Waals surface area (Å²) in [5.74, 6) is -3.43. The van der Waals surface area contributed by atoms with E-state index in [4.69, 9.17) is 28.7 Å². The van der Waals surface area contributed by atoms with Gasteiger partial charge in [-0.25, -0.2) is 4.98 Å². The molecule has 0 saturated carbocycles. The van der Waals surface area contributed by atoms with Crippen LogP contribution >= 0.6 is 11.3 Å². The van der Waals surface area contributed by atoms with Gasteiger partial charge in [-0.1, -0.05) is 42.5 Å². The van der Waals surface area contributed by atoms with Gasteiger partial charge in [0.1, 0.15) is 0 Å². The van der Waals surface area contributed by atoms with E-state index in [2.05, 4.69) is 25.6 Å². The second kappa shape index (κ2) is 20.2. The van der Waals surface area contributed by atoms with E-state index < -0.39 is 41.5 Å². The van der Waals surface area contributed by atoms with E-state index >= 15 is 0 Å². The molecule has 15 nitrogen and oxygen atoms in total. The van der Waals surface area contributed by atoms with Gasteiger partial charge < -0.3 is 39.3 Å². The molecule has 0 aliphatic heterocycles. The Morgan fingerprint density at radius 3 is 2.06 bits per heavy atom. The number of para-hydroxylation sites is 1. The largest absolute Gasteiger partial charge is 0.370 e. The van der Waals surface area contributed by atoms with E-state index in [-0.39, 0.29) is 67.8 Å². The number of ketones is 2. The molecule has 0 spiro atoms. The summed E-state index contributed by atoms with van der Waals surface area (Å²) in [5.41, 5.74) is 28.4. The number of Topliss-reactive ketones (excluding diaryl/α,β-unsaturated/α-hetero) is 2. The molecule has 3 amide bonds. The number of nitrogens with zero attached hydrogens (tertiary/aromatic N) is 3. The summed E-state index contributed by atoms with van der Waals surface area (Å²) >= 11 is 1.22. The van der Waals surface area contributed by atoms with Crippen molar-refractivity contribution in [2.45, 2.75) is 69.9 Å². The summed E-state index contributed by atoms with van der Waals surface area (Å²) in [6.45, 7) is 0.593. The van der Waals surface area contributed by atoms with Gasteiger partial charge in [0.05, 0.1) is 22.3 Å². The monoisotopic (exact) mass is 706 g/mol. The molecule has 2 aromatic carbocycles. The molecule has 3 rings (SSSR count). The smallest absolute Gasteiger partial charge is 0.224 e. The molecule has 0 unspecified atom stereocenters. The minimum Gasteiger partial charge on any atom is -0.370 e. The summed E-state index contributed by atoms with van der Waals surface area (Å²) in [6.07, 6.45) is 1.44. The lowest BCUT2D eigenvalue weighted by atomic mass is 9.89. The fourth-order valence-corrected chi connectivity index (χ4v) is 6.16. The van der Waals surface area contributed by atoms with Gasteiger partial charge in [-0.15, -0.1) is 11.3 Å². The number of carbonyl (C=O) groups is 5. The lowest BCUT2D eigenvalue weighted by Crippen LogP contribution is -2.47. The second-order valence-corrected chi connectivity index (χ2v) is 12.8. The Bertz CT molecular complexity index is 1640. The molecule has 0 radical (unpaired) electrons. The van der Waals surface area contributed by atoms with E-state index in [9.17, 15) is 24.0 Å². The number of amides is 3. The Morgan fingerprint density at radius 2 is 1.40 bits per heavy atom. The van der Waals surface area contributed by atoms with Crippen LogP contribution in [0.1, 0.15) is 66.7 Å². The molecular formula is C34H46N10O5S. The fourth-order valence-electron chi connectivity index (χ4n) is 5.20. The highest BCUT2D eigenvalue weighted by Gasteiger charge is 2.32. The summed E-state index contributed by atoms with van der Waals surface area (Å²) in [4.78, 5) is 78.3. The Kier molecular flexibility index (Phi) is 15.8. The third kappa shape index (κ3) is 13.6. The van der Waals surface area contributed by atoms with Gasteiger partial charge >= 0.3 is 0 Å². The molecular weight excluding hydrogens is 661 g/mol. The summed E-state index contributed by atoms with van der Waals surface area (Å²) in [7, 11) is 0. The average Bonchev–Trinajstić information content (AvgIpc) is 3.51. The number of rotatable bonds is 22. The minimum atomic E-state index is -1.06. The van der Waals surface area contributed by atoms with Crippen molar-refractivity contribution in [1.29, 1.82) is 0 Å². The standard InChI is InChI=1S/C34H46N10O5S/c35-28(46)16-15-23(42-29(47)14-6-7-17-40-33(36)37)26(45)20-22(19-21-9-2-1-3-10-21)31(49)43-25(12-8-18-41-34(38)39)30(48)32-44-24-11-4-5-13-27(24)50-32/h1-5,9-11,13,22-23,25H,6-8,12,14-20H2,(H2,35,46)(H,42,47)(H,43,49)(H4,36,37,40)(H4,38,39,41)/t22-,23+,25-/m1/s1. The molecule has 0 aliphatic rings. The highest BCUT2D eigenvalue weighted by atomic mass is 32.1. The number of unbranched alkanes of at least 4 members (excludes halogenated alkanes) is 1. The predicted octanol–water partition coefficient (Wildman–Crippen LogP) is 1.03. The third-order valence-electron chi connectivity index (χ3n) is 7.74. The summed E-state index contributed by atoms with van der Waals surface area (Å²) in [6, 6.07) is 14.4. The van der Waals surface area contributed by atoms with Crippen molar-refractivity contribution in [2.75, 3.05) is 13.1 Å². The topological polar surface area (TPSA) is 277 Å². The lowest BCUT2D eigenvalue weighted by molar-refractivity contribution is -0.132. The first-order valence-corrected chi connectivity index (χ1v) is 17.2. The second-order valence-electron chi connectivity index (χ2n) is 11.8. The van der Waals surface area contributed by atoms with Crippen molar-refractivity contribution >= 4 is 62.8 Å². The molecule has 0 fully saturated rings. The number of thiazole rings is 1. The first-order valence-electron chi connectivity index (χ1n) is 16.4. The Hall–Kier alpha value is -5.38. The SMILES string of the molecule is NC(=O)CC[C@H](NC(=O)CCCCN=C(N)N)C(=O)C[C@@H](Cc1ccccc1)C(=O)N[C@H](CCCN=C(N)N)C(=O)c1nc2ccccc2s1. The Labute approximate surface area is 294 Å². The van der Waals surface area contributed by atoms with Crippen LogP contribution in [0.2, 0.25) is 0 Å². The summed E-state index contributed by atoms with van der Waals surface area (Å²) in [5, 5.41) is 5.82. The van der Waals surface area contributed by atoms with Crippen molar-refractivity contribution in [3.05, 3.63) is 65.2 Å². The number of guanidine groups is 2. The number of hydrogen-bond donors (Lipinski definition) is 7. The van der Waals surface area contributed by atoms with Crippen molar-refractivity contribution in [2.24, 2.45) is 44.6 Å². The van der Waals surface area contributed by atoms with Crippen molar-refractivity contribution < 1.29 is 24.0 Å². The number of nitrogens with two attached hydrogens (primary N) is 5. The van der Waals surface area contributed by atoms with E-state index in [1.807, 2.05) is 48.5 Å². The van der Waals surface area contributed by atoms with Crippen LogP contribution in [0.15, 0.2) is 64.6 Å². The first-order chi connectivity index (χ1) is 23.9. The molecule has 0 aliphatic carbocycles. The van der Waals surface area contributed by atoms with Gasteiger partial charge in [-0.2, -0.15) is 0 Å². The number of carbonyl (C=O) groups excluding carboxylic acids is 5. The number of benzene rings is 2. The number of primary amides is 1. The molecule has 3 atom stereocenters. The average molecular weight is 707 g/mol. The van der Waals surface area contributed by atoms with Gasteiger partial charge in [0.25, 0.3) is 0 Å². The van der Waals surface area contributed by atoms with Gasteiger partial charge in [0.15, 0.2) is 22.7 Å². The zero-order chi connectivity index (χ0) is 36.5. The van der Waals surface area contributed by atoms with Crippen LogP contribution in [0, 0.1) is 5.92 Å². The van der Waals surface area contributed by atoms with Crippen LogP contribution in [0.4, 0.5) is 0 Å². The molecule has 268 valence electrons. The van der Waals surface area contributed by atoms with Crippen molar-refractivity contribution in [3.8, 4) is 0 Å². The van der Waals surface area contributed by atoms with Crippen LogP contribution in [-0.4, -0.2) is 71.4 Å². The molecule has 3 aromatic rings. The van der Waals surface area contributed by atoms with Gasteiger partial charge in [-0.05, 0) is 56.2 Å². The highest BCUT2D eigenvalue weighted by Crippen LogP contribution is 2.24. The third-order valence-corrected chi connectivity index (χ3v) is 8.79.